The Balaban J connectivity index is 2.38. The lowest BCUT2D eigenvalue weighted by atomic mass is 9.67. The summed E-state index contributed by atoms with van der Waals surface area (Å²) in [6.45, 7) is 1.72. The van der Waals surface area contributed by atoms with Crippen LogP contribution >= 0.6 is 0 Å². The highest BCUT2D eigenvalue weighted by Gasteiger charge is 2.47. The molecule has 2 N–H and O–H groups in total. The fourth-order valence-electron chi connectivity index (χ4n) is 3.15. The Bertz CT molecular complexity index is 441. The van der Waals surface area contributed by atoms with Crippen LogP contribution in [-0.2, 0) is 9.59 Å². The molecule has 4 heteroatoms. The zero-order chi connectivity index (χ0) is 13.3. The van der Waals surface area contributed by atoms with Crippen LogP contribution in [0.15, 0.2) is 23.3 Å². The van der Waals surface area contributed by atoms with Gasteiger partial charge in [-0.3, -0.25) is 4.79 Å². The molecule has 2 aliphatic rings. The molecule has 18 heavy (non-hydrogen) atoms. The van der Waals surface area contributed by atoms with Gasteiger partial charge in [0.05, 0.1) is 5.41 Å². The Morgan fingerprint density at radius 1 is 1.28 bits per heavy atom. The normalized spacial score (nSPS) is 28.7. The first-order valence-electron chi connectivity index (χ1n) is 6.33. The largest absolute Gasteiger partial charge is 0.481 e. The molecule has 0 aliphatic heterocycles. The third kappa shape index (κ3) is 1.96. The molecule has 0 bridgehead atoms. The van der Waals surface area contributed by atoms with Gasteiger partial charge in [0.15, 0.2) is 0 Å². The number of carboxylic acids is 2. The summed E-state index contributed by atoms with van der Waals surface area (Å²) in [6.07, 6.45) is 7.33. The smallest absolute Gasteiger partial charge is 0.331 e. The van der Waals surface area contributed by atoms with E-state index in [2.05, 4.69) is 0 Å². The first-order chi connectivity index (χ1) is 8.47. The summed E-state index contributed by atoms with van der Waals surface area (Å²) in [7, 11) is 0. The second-order valence-electron chi connectivity index (χ2n) is 5.30. The van der Waals surface area contributed by atoms with E-state index in [1.807, 2.05) is 0 Å². The molecule has 0 aromatic rings. The summed E-state index contributed by atoms with van der Waals surface area (Å²) in [6, 6.07) is 0. The molecule has 0 aromatic heterocycles. The SMILES string of the molecule is CC1=C(C(=O)O)CC(C(=O)O)(C2CCCC2)C=C1. The van der Waals surface area contributed by atoms with Gasteiger partial charge in [0.25, 0.3) is 0 Å². The lowest BCUT2D eigenvalue weighted by molar-refractivity contribution is -0.149. The number of aliphatic carboxylic acids is 2. The van der Waals surface area contributed by atoms with Crippen LogP contribution < -0.4 is 0 Å². The van der Waals surface area contributed by atoms with E-state index in [1.54, 1.807) is 19.1 Å². The van der Waals surface area contributed by atoms with Gasteiger partial charge < -0.3 is 10.2 Å². The monoisotopic (exact) mass is 250 g/mol. The summed E-state index contributed by atoms with van der Waals surface area (Å²) in [5.41, 5.74) is -0.104. The number of hydrogen-bond donors (Lipinski definition) is 2. The molecule has 4 nitrogen and oxygen atoms in total. The van der Waals surface area contributed by atoms with Crippen LogP contribution in [0.1, 0.15) is 39.0 Å². The second-order valence-corrected chi connectivity index (χ2v) is 5.30. The zero-order valence-electron chi connectivity index (χ0n) is 10.5. The van der Waals surface area contributed by atoms with Gasteiger partial charge in [-0.05, 0) is 37.7 Å². The van der Waals surface area contributed by atoms with Crippen molar-refractivity contribution in [2.45, 2.75) is 39.0 Å². The topological polar surface area (TPSA) is 74.6 Å². The van der Waals surface area contributed by atoms with Crippen molar-refractivity contribution in [2.75, 3.05) is 0 Å². The molecule has 1 fully saturated rings. The Hall–Kier alpha value is -1.58. The number of hydrogen-bond acceptors (Lipinski definition) is 2. The number of allylic oxidation sites excluding steroid dienone is 2. The molecule has 1 unspecified atom stereocenters. The lowest BCUT2D eigenvalue weighted by Crippen LogP contribution is -2.38. The maximum Gasteiger partial charge on any atom is 0.331 e. The van der Waals surface area contributed by atoms with E-state index in [-0.39, 0.29) is 17.9 Å². The van der Waals surface area contributed by atoms with E-state index < -0.39 is 17.4 Å². The van der Waals surface area contributed by atoms with Gasteiger partial charge in [-0.15, -0.1) is 0 Å². The van der Waals surface area contributed by atoms with Gasteiger partial charge in [0.2, 0.25) is 0 Å². The minimum atomic E-state index is -1.01. The third-order valence-electron chi connectivity index (χ3n) is 4.32. The predicted octanol–water partition coefficient (Wildman–Crippen LogP) is 2.61. The minimum absolute atomic E-state index is 0.0636. The summed E-state index contributed by atoms with van der Waals surface area (Å²) >= 11 is 0. The summed E-state index contributed by atoms with van der Waals surface area (Å²) in [5.74, 6) is -1.83. The number of carbonyl (C=O) groups is 2. The maximum absolute atomic E-state index is 11.7. The van der Waals surface area contributed by atoms with E-state index in [1.165, 1.54) is 0 Å². The Kier molecular flexibility index (Phi) is 3.28. The van der Waals surface area contributed by atoms with Crippen molar-refractivity contribution in [3.8, 4) is 0 Å². The fraction of sp³-hybridized carbons (Fsp3) is 0.571. The highest BCUT2D eigenvalue weighted by atomic mass is 16.4. The predicted molar refractivity (Wildman–Crippen MR) is 66.1 cm³/mol. The fourth-order valence-corrected chi connectivity index (χ4v) is 3.15. The van der Waals surface area contributed by atoms with E-state index >= 15 is 0 Å². The summed E-state index contributed by atoms with van der Waals surface area (Å²) in [4.78, 5) is 22.9. The van der Waals surface area contributed by atoms with E-state index in [4.69, 9.17) is 0 Å². The molecular formula is C14H18O4. The highest BCUT2D eigenvalue weighted by Crippen LogP contribution is 2.47. The van der Waals surface area contributed by atoms with Crippen molar-refractivity contribution >= 4 is 11.9 Å². The zero-order valence-corrected chi connectivity index (χ0v) is 10.5. The van der Waals surface area contributed by atoms with E-state index in [0.717, 1.165) is 25.7 Å². The molecule has 0 aromatic carbocycles. The van der Waals surface area contributed by atoms with Gasteiger partial charge in [0.1, 0.15) is 0 Å². The summed E-state index contributed by atoms with van der Waals surface area (Å²) < 4.78 is 0. The molecule has 0 radical (unpaired) electrons. The van der Waals surface area contributed by atoms with Crippen molar-refractivity contribution in [2.24, 2.45) is 11.3 Å². The Morgan fingerprint density at radius 3 is 2.39 bits per heavy atom. The van der Waals surface area contributed by atoms with Gasteiger partial charge in [0, 0.05) is 5.57 Å². The molecular weight excluding hydrogens is 232 g/mol. The summed E-state index contributed by atoms with van der Waals surface area (Å²) in [5, 5.41) is 18.7. The maximum atomic E-state index is 11.7. The van der Waals surface area contributed by atoms with Crippen molar-refractivity contribution in [1.82, 2.24) is 0 Å². The molecule has 2 rings (SSSR count). The quantitative estimate of drug-likeness (QED) is 0.807. The van der Waals surface area contributed by atoms with E-state index in [9.17, 15) is 19.8 Å². The Morgan fingerprint density at radius 2 is 1.89 bits per heavy atom. The van der Waals surface area contributed by atoms with Gasteiger partial charge in [-0.25, -0.2) is 4.79 Å². The highest BCUT2D eigenvalue weighted by molar-refractivity contribution is 5.91. The number of carboxylic acid groups (broad SMARTS) is 2. The van der Waals surface area contributed by atoms with Crippen LogP contribution in [0.5, 0.6) is 0 Å². The molecule has 98 valence electrons. The van der Waals surface area contributed by atoms with E-state index in [0.29, 0.717) is 5.57 Å². The average Bonchev–Trinajstić information content (AvgIpc) is 2.83. The van der Waals surface area contributed by atoms with Gasteiger partial charge in [-0.2, -0.15) is 0 Å². The van der Waals surface area contributed by atoms with Crippen molar-refractivity contribution in [3.63, 3.8) is 0 Å². The minimum Gasteiger partial charge on any atom is -0.481 e. The molecule has 0 spiro atoms. The average molecular weight is 250 g/mol. The van der Waals surface area contributed by atoms with Gasteiger partial charge >= 0.3 is 11.9 Å². The molecule has 0 amide bonds. The van der Waals surface area contributed by atoms with Gasteiger partial charge in [-0.1, -0.05) is 25.0 Å². The van der Waals surface area contributed by atoms with Crippen LogP contribution in [-0.4, -0.2) is 22.2 Å². The van der Waals surface area contributed by atoms with Crippen LogP contribution in [0.25, 0.3) is 0 Å². The van der Waals surface area contributed by atoms with Crippen LogP contribution in [0.3, 0.4) is 0 Å². The first-order valence-corrected chi connectivity index (χ1v) is 6.33. The molecule has 0 heterocycles. The number of rotatable bonds is 3. The molecule has 1 atom stereocenters. The first kappa shape index (κ1) is 12.9. The van der Waals surface area contributed by atoms with Crippen LogP contribution in [0, 0.1) is 11.3 Å². The lowest BCUT2D eigenvalue weighted by Gasteiger charge is -2.35. The Labute approximate surface area is 106 Å². The third-order valence-corrected chi connectivity index (χ3v) is 4.32. The van der Waals surface area contributed by atoms with Crippen molar-refractivity contribution < 1.29 is 19.8 Å². The molecule has 1 saturated carbocycles. The molecule has 0 saturated heterocycles. The molecule has 2 aliphatic carbocycles. The second kappa shape index (κ2) is 4.59. The van der Waals surface area contributed by atoms with Crippen molar-refractivity contribution in [3.05, 3.63) is 23.3 Å². The van der Waals surface area contributed by atoms with Crippen LogP contribution in [0.4, 0.5) is 0 Å². The standard InChI is InChI=1S/C14H18O4/c1-9-6-7-14(13(17)18,8-11(9)12(15)16)10-4-2-3-5-10/h6-7,10H,2-5,8H2,1H3,(H,15,16)(H,17,18). The van der Waals surface area contributed by atoms with Crippen molar-refractivity contribution in [1.29, 1.82) is 0 Å². The van der Waals surface area contributed by atoms with Crippen LogP contribution in [0.2, 0.25) is 0 Å².